The number of ketones is 1. The highest BCUT2D eigenvalue weighted by Gasteiger charge is 2.16. The number of nitrogens with zero attached hydrogens (tertiary/aromatic N) is 2. The number of pyridine rings is 1. The fourth-order valence-corrected chi connectivity index (χ4v) is 3.07. The summed E-state index contributed by atoms with van der Waals surface area (Å²) in [5.41, 5.74) is 4.17. The monoisotopic (exact) mass is 308 g/mol. The molecule has 3 aromatic rings. The average molecular weight is 308 g/mol. The Hall–Kier alpha value is -2.62. The van der Waals surface area contributed by atoms with Crippen LogP contribution in [0.4, 0.5) is 5.69 Å². The maximum absolute atomic E-state index is 12.9. The third-order valence-electron chi connectivity index (χ3n) is 4.34. The van der Waals surface area contributed by atoms with Crippen molar-refractivity contribution in [3.8, 4) is 0 Å². The molecule has 0 bridgehead atoms. The summed E-state index contributed by atoms with van der Waals surface area (Å²) in [4.78, 5) is 26.8. The summed E-state index contributed by atoms with van der Waals surface area (Å²) in [6.07, 6.45) is 0. The van der Waals surface area contributed by atoms with Crippen LogP contribution in [0.25, 0.3) is 21.8 Å². The van der Waals surface area contributed by atoms with E-state index in [4.69, 9.17) is 0 Å². The molecule has 0 saturated carbocycles. The first-order valence-corrected chi connectivity index (χ1v) is 7.56. The van der Waals surface area contributed by atoms with Crippen molar-refractivity contribution in [2.75, 3.05) is 19.0 Å². The Kier molecular flexibility index (Phi) is 3.48. The lowest BCUT2D eigenvalue weighted by Crippen LogP contribution is -2.16. The SMILES string of the molecule is CC(=O)c1cc2c(cc1N(C)C)c(=O)c1ccc(C)cc1n2C. The first kappa shape index (κ1) is 15.3. The first-order chi connectivity index (χ1) is 10.8. The third-order valence-corrected chi connectivity index (χ3v) is 4.34. The van der Waals surface area contributed by atoms with Gasteiger partial charge in [-0.2, -0.15) is 0 Å². The van der Waals surface area contributed by atoms with Crippen molar-refractivity contribution in [1.29, 1.82) is 0 Å². The predicted molar refractivity (Wildman–Crippen MR) is 95.8 cm³/mol. The summed E-state index contributed by atoms with van der Waals surface area (Å²) in [7, 11) is 5.69. The van der Waals surface area contributed by atoms with E-state index in [1.165, 1.54) is 0 Å². The minimum absolute atomic E-state index is 0.00584. The Bertz CT molecular complexity index is 1010. The second-order valence-electron chi connectivity index (χ2n) is 6.25. The molecule has 1 aromatic heterocycles. The summed E-state index contributed by atoms with van der Waals surface area (Å²) >= 11 is 0. The fourth-order valence-electron chi connectivity index (χ4n) is 3.07. The van der Waals surface area contributed by atoms with Crippen LogP contribution in [0, 0.1) is 6.92 Å². The van der Waals surface area contributed by atoms with Crippen LogP contribution < -0.4 is 10.3 Å². The number of anilines is 1. The van der Waals surface area contributed by atoms with Gasteiger partial charge in [0, 0.05) is 43.2 Å². The second kappa shape index (κ2) is 5.23. The smallest absolute Gasteiger partial charge is 0.197 e. The van der Waals surface area contributed by atoms with E-state index >= 15 is 0 Å². The number of hydrogen-bond donors (Lipinski definition) is 0. The lowest BCUT2D eigenvalue weighted by molar-refractivity contribution is 0.101. The van der Waals surface area contributed by atoms with Crippen molar-refractivity contribution in [1.82, 2.24) is 4.57 Å². The highest BCUT2D eigenvalue weighted by molar-refractivity contribution is 6.05. The zero-order valence-corrected chi connectivity index (χ0v) is 14.1. The van der Waals surface area contributed by atoms with Gasteiger partial charge in [-0.3, -0.25) is 9.59 Å². The number of fused-ring (bicyclic) bond motifs is 2. The molecule has 4 heteroatoms. The lowest BCUT2D eigenvalue weighted by atomic mass is 10.0. The van der Waals surface area contributed by atoms with E-state index in [-0.39, 0.29) is 11.2 Å². The molecule has 0 amide bonds. The van der Waals surface area contributed by atoms with Crippen molar-refractivity contribution in [3.05, 3.63) is 51.7 Å². The maximum Gasteiger partial charge on any atom is 0.197 e. The van der Waals surface area contributed by atoms with Crippen molar-refractivity contribution in [2.45, 2.75) is 13.8 Å². The van der Waals surface area contributed by atoms with E-state index in [1.807, 2.05) is 67.9 Å². The van der Waals surface area contributed by atoms with Crippen LogP contribution in [-0.2, 0) is 7.05 Å². The summed E-state index contributed by atoms with van der Waals surface area (Å²) in [5.74, 6) is -0.00705. The number of carbonyl (C=O) groups excluding carboxylic acids is 1. The normalized spacial score (nSPS) is 11.2. The van der Waals surface area contributed by atoms with E-state index in [9.17, 15) is 9.59 Å². The number of carbonyl (C=O) groups is 1. The molecule has 0 atom stereocenters. The number of aromatic nitrogens is 1. The Labute approximate surface area is 134 Å². The van der Waals surface area contributed by atoms with Crippen molar-refractivity contribution >= 4 is 33.3 Å². The summed E-state index contributed by atoms with van der Waals surface area (Å²) < 4.78 is 1.99. The van der Waals surface area contributed by atoms with Crippen LogP contribution in [-0.4, -0.2) is 24.4 Å². The molecule has 0 radical (unpaired) electrons. The molecule has 118 valence electrons. The van der Waals surface area contributed by atoms with E-state index < -0.39 is 0 Å². The largest absolute Gasteiger partial charge is 0.377 e. The van der Waals surface area contributed by atoms with Gasteiger partial charge in [-0.25, -0.2) is 0 Å². The molecule has 2 aromatic carbocycles. The van der Waals surface area contributed by atoms with Crippen LogP contribution in [0.3, 0.4) is 0 Å². The molecule has 4 nitrogen and oxygen atoms in total. The quantitative estimate of drug-likeness (QED) is 0.539. The minimum Gasteiger partial charge on any atom is -0.377 e. The second-order valence-corrected chi connectivity index (χ2v) is 6.25. The molecule has 0 aliphatic heterocycles. The average Bonchev–Trinajstić information content (AvgIpc) is 2.51. The van der Waals surface area contributed by atoms with Gasteiger partial charge in [0.25, 0.3) is 0 Å². The van der Waals surface area contributed by atoms with Gasteiger partial charge in [0.15, 0.2) is 11.2 Å². The maximum atomic E-state index is 12.9. The van der Waals surface area contributed by atoms with E-state index in [0.29, 0.717) is 16.3 Å². The minimum atomic E-state index is -0.00705. The van der Waals surface area contributed by atoms with Gasteiger partial charge in [-0.1, -0.05) is 6.07 Å². The number of aryl methyl sites for hydroxylation is 2. The molecule has 0 spiro atoms. The lowest BCUT2D eigenvalue weighted by Gasteiger charge is -2.19. The van der Waals surface area contributed by atoms with Gasteiger partial charge in [0.1, 0.15) is 0 Å². The molecular formula is C19H20N2O2. The molecule has 0 fully saturated rings. The standard InChI is InChI=1S/C19H20N2O2/c1-11-6-7-13-17(8-11)21(5)18-9-14(12(2)22)16(20(3)4)10-15(18)19(13)23/h6-10H,1-5H3. The van der Waals surface area contributed by atoms with E-state index in [1.54, 1.807) is 6.92 Å². The Morgan fingerprint density at radius 3 is 2.30 bits per heavy atom. The molecular weight excluding hydrogens is 288 g/mol. The molecule has 0 saturated heterocycles. The highest BCUT2D eigenvalue weighted by Crippen LogP contribution is 2.27. The van der Waals surface area contributed by atoms with Crippen LogP contribution in [0.2, 0.25) is 0 Å². The Morgan fingerprint density at radius 1 is 1.04 bits per heavy atom. The van der Waals surface area contributed by atoms with Crippen LogP contribution in [0.5, 0.6) is 0 Å². The topological polar surface area (TPSA) is 42.3 Å². The van der Waals surface area contributed by atoms with Crippen LogP contribution >= 0.6 is 0 Å². The summed E-state index contributed by atoms with van der Waals surface area (Å²) in [5, 5.41) is 1.34. The Balaban J connectivity index is 2.56. The molecule has 23 heavy (non-hydrogen) atoms. The molecule has 0 aliphatic rings. The van der Waals surface area contributed by atoms with Gasteiger partial charge in [-0.15, -0.1) is 0 Å². The predicted octanol–water partition coefficient (Wildman–Crippen LogP) is 3.27. The molecule has 3 rings (SSSR count). The number of benzene rings is 2. The van der Waals surface area contributed by atoms with Crippen LogP contribution in [0.1, 0.15) is 22.8 Å². The highest BCUT2D eigenvalue weighted by atomic mass is 16.1. The van der Waals surface area contributed by atoms with Crippen LogP contribution in [0.15, 0.2) is 35.1 Å². The third kappa shape index (κ3) is 2.31. The molecule has 0 N–H and O–H groups in total. The first-order valence-electron chi connectivity index (χ1n) is 7.56. The van der Waals surface area contributed by atoms with Gasteiger partial charge < -0.3 is 9.47 Å². The van der Waals surface area contributed by atoms with Gasteiger partial charge in [0.05, 0.1) is 11.0 Å². The van der Waals surface area contributed by atoms with Gasteiger partial charge in [-0.05, 0) is 43.7 Å². The fraction of sp³-hybridized carbons (Fsp3) is 0.263. The summed E-state index contributed by atoms with van der Waals surface area (Å²) in [6, 6.07) is 9.49. The van der Waals surface area contributed by atoms with Gasteiger partial charge in [0.2, 0.25) is 0 Å². The number of hydrogen-bond acceptors (Lipinski definition) is 3. The van der Waals surface area contributed by atoms with Crippen molar-refractivity contribution in [3.63, 3.8) is 0 Å². The van der Waals surface area contributed by atoms with E-state index in [2.05, 4.69) is 0 Å². The van der Waals surface area contributed by atoms with Crippen molar-refractivity contribution in [2.24, 2.45) is 7.05 Å². The summed E-state index contributed by atoms with van der Waals surface area (Å²) in [6.45, 7) is 3.56. The number of Topliss-reactive ketones (excluding diaryl/α,β-unsaturated/α-hetero) is 1. The zero-order chi connectivity index (χ0) is 16.9. The van der Waals surface area contributed by atoms with Crippen molar-refractivity contribution < 1.29 is 4.79 Å². The Morgan fingerprint density at radius 2 is 1.70 bits per heavy atom. The number of rotatable bonds is 2. The zero-order valence-electron chi connectivity index (χ0n) is 14.1. The van der Waals surface area contributed by atoms with Gasteiger partial charge >= 0.3 is 0 Å². The van der Waals surface area contributed by atoms with E-state index in [0.717, 1.165) is 22.3 Å². The molecule has 0 aliphatic carbocycles. The molecule has 1 heterocycles. The molecule has 0 unspecified atom stereocenters.